The molecule has 2 amide bonds. The van der Waals surface area contributed by atoms with Crippen LogP contribution in [0.5, 0.6) is 0 Å². The summed E-state index contributed by atoms with van der Waals surface area (Å²) in [6.45, 7) is 5.10. The van der Waals surface area contributed by atoms with Crippen molar-refractivity contribution < 1.29 is 9.59 Å². The van der Waals surface area contributed by atoms with Crippen molar-refractivity contribution in [3.8, 4) is 0 Å². The monoisotopic (exact) mass is 143 g/mol. The third kappa shape index (κ3) is 3.88. The summed E-state index contributed by atoms with van der Waals surface area (Å²) in [6.07, 6.45) is 0.649. The SMILES string of the molecule is CCN([CH]NC(C)=O)C=O. The maximum absolute atomic E-state index is 10.3. The van der Waals surface area contributed by atoms with Crippen LogP contribution in [0.15, 0.2) is 0 Å². The zero-order valence-corrected chi connectivity index (χ0v) is 6.13. The van der Waals surface area contributed by atoms with E-state index in [1.165, 1.54) is 18.5 Å². The summed E-state index contributed by atoms with van der Waals surface area (Å²) in [5, 5.41) is 2.38. The standard InChI is InChI=1S/C6H11N2O2/c1-3-8(5-9)4-7-6(2)10/h4-5H,3H2,1-2H3,(H,7,10). The van der Waals surface area contributed by atoms with Crippen molar-refractivity contribution in [1.29, 1.82) is 0 Å². The molecule has 1 radical (unpaired) electrons. The van der Waals surface area contributed by atoms with Gasteiger partial charge in [0, 0.05) is 13.5 Å². The van der Waals surface area contributed by atoms with Gasteiger partial charge in [0.1, 0.15) is 6.67 Å². The molecule has 0 aliphatic carbocycles. The highest BCUT2D eigenvalue weighted by Crippen LogP contribution is 1.81. The minimum Gasteiger partial charge on any atom is -0.333 e. The Hall–Kier alpha value is -1.06. The Kier molecular flexibility index (Phi) is 4.28. The van der Waals surface area contributed by atoms with Crippen LogP contribution in [-0.2, 0) is 9.59 Å². The van der Waals surface area contributed by atoms with Gasteiger partial charge in [0.15, 0.2) is 0 Å². The molecule has 4 nitrogen and oxygen atoms in total. The Morgan fingerprint density at radius 1 is 1.70 bits per heavy atom. The fraction of sp³-hybridized carbons (Fsp3) is 0.500. The number of rotatable bonds is 4. The lowest BCUT2D eigenvalue weighted by Gasteiger charge is -2.12. The molecule has 0 saturated heterocycles. The molecular formula is C6H11N2O2. The van der Waals surface area contributed by atoms with Crippen LogP contribution in [0.4, 0.5) is 0 Å². The van der Waals surface area contributed by atoms with E-state index in [4.69, 9.17) is 0 Å². The minimum absolute atomic E-state index is 0.180. The molecule has 10 heavy (non-hydrogen) atoms. The maximum atomic E-state index is 10.3. The molecular weight excluding hydrogens is 132 g/mol. The fourth-order valence-electron chi connectivity index (χ4n) is 0.370. The van der Waals surface area contributed by atoms with Crippen molar-refractivity contribution in [2.45, 2.75) is 13.8 Å². The van der Waals surface area contributed by atoms with E-state index in [1.807, 2.05) is 6.92 Å². The fourth-order valence-corrected chi connectivity index (χ4v) is 0.370. The first-order valence-electron chi connectivity index (χ1n) is 3.02. The molecule has 0 aliphatic rings. The molecule has 4 heteroatoms. The molecule has 0 aromatic carbocycles. The lowest BCUT2D eigenvalue weighted by atomic mass is 10.6. The Balaban J connectivity index is 3.44. The number of amides is 2. The van der Waals surface area contributed by atoms with E-state index < -0.39 is 0 Å². The lowest BCUT2D eigenvalue weighted by Crippen LogP contribution is -2.30. The molecule has 0 rings (SSSR count). The molecule has 0 aromatic heterocycles. The van der Waals surface area contributed by atoms with Crippen LogP contribution < -0.4 is 5.32 Å². The first kappa shape index (κ1) is 8.94. The zero-order valence-electron chi connectivity index (χ0n) is 6.13. The topological polar surface area (TPSA) is 49.4 Å². The molecule has 1 N–H and O–H groups in total. The summed E-state index contributed by atoms with van der Waals surface area (Å²) in [5.74, 6) is -0.180. The third-order valence-electron chi connectivity index (χ3n) is 0.934. The highest BCUT2D eigenvalue weighted by atomic mass is 16.2. The largest absolute Gasteiger partial charge is 0.333 e. The van der Waals surface area contributed by atoms with Crippen LogP contribution in [0, 0.1) is 6.67 Å². The molecule has 0 atom stereocenters. The van der Waals surface area contributed by atoms with E-state index in [9.17, 15) is 9.59 Å². The quantitative estimate of drug-likeness (QED) is 0.550. The van der Waals surface area contributed by atoms with E-state index in [0.29, 0.717) is 13.0 Å². The van der Waals surface area contributed by atoms with Crippen molar-refractivity contribution in [2.75, 3.05) is 6.54 Å². The predicted molar refractivity (Wildman–Crippen MR) is 36.6 cm³/mol. The van der Waals surface area contributed by atoms with E-state index >= 15 is 0 Å². The highest BCUT2D eigenvalue weighted by molar-refractivity contribution is 5.73. The first-order chi connectivity index (χ1) is 4.70. The minimum atomic E-state index is -0.180. The Morgan fingerprint density at radius 3 is 2.60 bits per heavy atom. The number of carbonyl (C=O) groups is 2. The van der Waals surface area contributed by atoms with Crippen LogP contribution in [0.2, 0.25) is 0 Å². The van der Waals surface area contributed by atoms with E-state index in [-0.39, 0.29) is 5.91 Å². The highest BCUT2D eigenvalue weighted by Gasteiger charge is 1.97. The van der Waals surface area contributed by atoms with Crippen LogP contribution in [0.25, 0.3) is 0 Å². The van der Waals surface area contributed by atoms with E-state index in [2.05, 4.69) is 5.32 Å². The first-order valence-corrected chi connectivity index (χ1v) is 3.02. The smallest absolute Gasteiger partial charge is 0.218 e. The molecule has 0 unspecified atom stereocenters. The maximum Gasteiger partial charge on any atom is 0.218 e. The third-order valence-corrected chi connectivity index (χ3v) is 0.934. The van der Waals surface area contributed by atoms with Gasteiger partial charge in [-0.3, -0.25) is 9.59 Å². The second-order valence-electron chi connectivity index (χ2n) is 1.77. The summed E-state index contributed by atoms with van der Waals surface area (Å²) in [7, 11) is 0. The molecule has 57 valence electrons. The Labute approximate surface area is 60.2 Å². The number of nitrogens with one attached hydrogen (secondary N) is 1. The van der Waals surface area contributed by atoms with E-state index in [1.54, 1.807) is 0 Å². The number of hydrogen-bond acceptors (Lipinski definition) is 2. The van der Waals surface area contributed by atoms with Crippen LogP contribution >= 0.6 is 0 Å². The van der Waals surface area contributed by atoms with Gasteiger partial charge in [0.05, 0.1) is 0 Å². The Bertz CT molecular complexity index is 125. The second kappa shape index (κ2) is 4.78. The van der Waals surface area contributed by atoms with Gasteiger partial charge in [-0.05, 0) is 6.92 Å². The second-order valence-corrected chi connectivity index (χ2v) is 1.77. The average Bonchev–Trinajstić information content (AvgIpc) is 1.90. The van der Waals surface area contributed by atoms with Crippen molar-refractivity contribution in [3.63, 3.8) is 0 Å². The van der Waals surface area contributed by atoms with Gasteiger partial charge in [-0.15, -0.1) is 0 Å². The molecule has 0 aliphatic heterocycles. The summed E-state index contributed by atoms with van der Waals surface area (Å²) in [6, 6.07) is 0. The van der Waals surface area contributed by atoms with Crippen LogP contribution in [-0.4, -0.2) is 23.8 Å². The van der Waals surface area contributed by atoms with Gasteiger partial charge in [-0.2, -0.15) is 0 Å². The van der Waals surface area contributed by atoms with Crippen molar-refractivity contribution in [3.05, 3.63) is 6.67 Å². The summed E-state index contributed by atoms with van der Waals surface area (Å²) >= 11 is 0. The average molecular weight is 143 g/mol. The number of nitrogens with zero attached hydrogens (tertiary/aromatic N) is 1. The summed E-state index contributed by atoms with van der Waals surface area (Å²) in [5.41, 5.74) is 0. The van der Waals surface area contributed by atoms with Crippen LogP contribution in [0.1, 0.15) is 13.8 Å². The summed E-state index contributed by atoms with van der Waals surface area (Å²) < 4.78 is 0. The molecule has 0 fully saturated rings. The van der Waals surface area contributed by atoms with Gasteiger partial charge >= 0.3 is 0 Å². The lowest BCUT2D eigenvalue weighted by molar-refractivity contribution is -0.120. The van der Waals surface area contributed by atoms with Gasteiger partial charge < -0.3 is 10.2 Å². The van der Waals surface area contributed by atoms with Gasteiger partial charge in [-0.1, -0.05) is 0 Å². The van der Waals surface area contributed by atoms with Gasteiger partial charge in [-0.25, -0.2) is 0 Å². The molecule has 0 aromatic rings. The van der Waals surface area contributed by atoms with Crippen molar-refractivity contribution in [1.82, 2.24) is 10.2 Å². The predicted octanol–water partition coefficient (Wildman–Crippen LogP) is -0.280. The van der Waals surface area contributed by atoms with Crippen LogP contribution in [0.3, 0.4) is 0 Å². The summed E-state index contributed by atoms with van der Waals surface area (Å²) in [4.78, 5) is 21.7. The molecule has 0 saturated carbocycles. The van der Waals surface area contributed by atoms with Gasteiger partial charge in [0.2, 0.25) is 12.3 Å². The molecule has 0 heterocycles. The molecule has 0 spiro atoms. The van der Waals surface area contributed by atoms with E-state index in [0.717, 1.165) is 0 Å². The van der Waals surface area contributed by atoms with Crippen molar-refractivity contribution >= 4 is 12.3 Å². The van der Waals surface area contributed by atoms with Gasteiger partial charge in [0.25, 0.3) is 0 Å². The normalized spacial score (nSPS) is 8.60. The number of hydrogen-bond donors (Lipinski definition) is 1. The molecule has 0 bridgehead atoms. The number of carbonyl (C=O) groups excluding carboxylic acids is 2. The zero-order chi connectivity index (χ0) is 7.98. The Morgan fingerprint density at radius 2 is 2.30 bits per heavy atom. The van der Waals surface area contributed by atoms with Crippen molar-refractivity contribution in [2.24, 2.45) is 0 Å².